The number of aryl methyl sites for hydroxylation is 1. The minimum absolute atomic E-state index is 0.0972. The van der Waals surface area contributed by atoms with Crippen molar-refractivity contribution in [3.8, 4) is 0 Å². The van der Waals surface area contributed by atoms with E-state index < -0.39 is 36.7 Å². The highest BCUT2D eigenvalue weighted by Crippen LogP contribution is 2.47. The molecule has 0 spiro atoms. The third-order valence-electron chi connectivity index (χ3n) is 6.48. The molecule has 1 amide bonds. The number of likely N-dealkylation sites (tertiary alicyclic amines) is 1. The summed E-state index contributed by atoms with van der Waals surface area (Å²) in [5.74, 6) is -1.96. The van der Waals surface area contributed by atoms with Crippen molar-refractivity contribution >= 4 is 37.0 Å². The molecule has 212 valence electrons. The summed E-state index contributed by atoms with van der Waals surface area (Å²) in [6.07, 6.45) is 2.60. The Hall–Kier alpha value is -2.61. The Labute approximate surface area is 235 Å². The average molecular weight is 576 g/mol. The van der Waals surface area contributed by atoms with Gasteiger partial charge in [-0.05, 0) is 64.2 Å². The van der Waals surface area contributed by atoms with Crippen LogP contribution in [0.2, 0.25) is 0 Å². The molecule has 10 heteroatoms. The van der Waals surface area contributed by atoms with Gasteiger partial charge < -0.3 is 9.42 Å². The van der Waals surface area contributed by atoms with Gasteiger partial charge in [-0.2, -0.15) is 0 Å². The molecule has 2 aromatic carbocycles. The SMILES string of the molecule is COP(=O)(CCCCc1ccccc1)CC(=O)N1C[C@@H](Sc2ccccc2)C[C@H]1C(=O)OOC(=O)C(C)(C)C. The highest BCUT2D eigenvalue weighted by Gasteiger charge is 2.44. The fourth-order valence-electron chi connectivity index (χ4n) is 4.19. The Kier molecular flexibility index (Phi) is 11.2. The molecular weight excluding hydrogens is 537 g/mol. The standard InChI is InChI=1S/C29H38NO7PS/c1-29(2,3)28(33)37-36-27(32)25-19-24(39-23-16-9-6-10-17-23)20-30(25)26(31)21-38(34,35-4)18-12-11-15-22-13-7-5-8-14-22/h5-10,13-14,16-17,24-25H,11-12,15,18-21H2,1-4H3/t24-,25-,38?/m0/s1. The van der Waals surface area contributed by atoms with Gasteiger partial charge in [0.05, 0.1) is 5.41 Å². The third-order valence-corrected chi connectivity index (χ3v) is 10.1. The van der Waals surface area contributed by atoms with Gasteiger partial charge in [0.2, 0.25) is 13.3 Å². The third kappa shape index (κ3) is 9.52. The molecule has 0 saturated carbocycles. The smallest absolute Gasteiger partial charge is 0.331 e. The fourth-order valence-corrected chi connectivity index (χ4v) is 7.17. The highest BCUT2D eigenvalue weighted by atomic mass is 32.2. The quantitative estimate of drug-likeness (QED) is 0.145. The number of rotatable bonds is 11. The predicted molar refractivity (Wildman–Crippen MR) is 152 cm³/mol. The van der Waals surface area contributed by atoms with Crippen LogP contribution < -0.4 is 0 Å². The number of hydrogen-bond donors (Lipinski definition) is 0. The first-order valence-corrected chi connectivity index (χ1v) is 16.0. The molecule has 1 fully saturated rings. The highest BCUT2D eigenvalue weighted by molar-refractivity contribution is 8.00. The predicted octanol–water partition coefficient (Wildman–Crippen LogP) is 5.74. The molecule has 1 aliphatic rings. The Balaban J connectivity index is 1.65. The van der Waals surface area contributed by atoms with Crippen LogP contribution in [0.3, 0.4) is 0 Å². The lowest BCUT2D eigenvalue weighted by molar-refractivity contribution is -0.267. The molecule has 2 aromatic rings. The summed E-state index contributed by atoms with van der Waals surface area (Å²) in [7, 11) is -1.90. The van der Waals surface area contributed by atoms with E-state index in [0.717, 1.165) is 17.7 Å². The maximum absolute atomic E-state index is 13.5. The van der Waals surface area contributed by atoms with Crippen molar-refractivity contribution in [2.24, 2.45) is 5.41 Å². The number of unbranched alkanes of at least 4 members (excludes halogenated alkanes) is 1. The van der Waals surface area contributed by atoms with Gasteiger partial charge in [0, 0.05) is 30.0 Å². The van der Waals surface area contributed by atoms with Crippen molar-refractivity contribution in [2.75, 3.05) is 26.0 Å². The molecule has 3 atom stereocenters. The van der Waals surface area contributed by atoms with Crippen molar-refractivity contribution in [2.45, 2.75) is 62.6 Å². The lowest BCUT2D eigenvalue weighted by atomic mass is 9.98. The number of hydrogen-bond acceptors (Lipinski definition) is 8. The van der Waals surface area contributed by atoms with Gasteiger partial charge in [-0.1, -0.05) is 48.5 Å². The second-order valence-electron chi connectivity index (χ2n) is 10.7. The van der Waals surface area contributed by atoms with E-state index in [2.05, 4.69) is 12.1 Å². The Morgan fingerprint density at radius 3 is 2.23 bits per heavy atom. The van der Waals surface area contributed by atoms with Crippen molar-refractivity contribution < 1.29 is 33.2 Å². The number of amides is 1. The van der Waals surface area contributed by atoms with Crippen LogP contribution in [-0.2, 0) is 39.7 Å². The summed E-state index contributed by atoms with van der Waals surface area (Å²) >= 11 is 1.55. The van der Waals surface area contributed by atoms with Crippen LogP contribution in [0.1, 0.15) is 45.6 Å². The zero-order chi connectivity index (χ0) is 28.5. The molecule has 3 rings (SSSR count). The van der Waals surface area contributed by atoms with Crippen molar-refractivity contribution in [1.82, 2.24) is 4.90 Å². The van der Waals surface area contributed by atoms with Gasteiger partial charge in [0.1, 0.15) is 12.2 Å². The number of carbonyl (C=O) groups is 3. The summed E-state index contributed by atoms with van der Waals surface area (Å²) < 4.78 is 18.8. The topological polar surface area (TPSA) is 99.2 Å². The van der Waals surface area contributed by atoms with Crippen LogP contribution in [0, 0.1) is 5.41 Å². The van der Waals surface area contributed by atoms with Gasteiger partial charge in [-0.3, -0.25) is 9.36 Å². The van der Waals surface area contributed by atoms with Gasteiger partial charge in [-0.25, -0.2) is 19.4 Å². The lowest BCUT2D eigenvalue weighted by Gasteiger charge is -2.25. The van der Waals surface area contributed by atoms with Crippen LogP contribution in [0.5, 0.6) is 0 Å². The maximum Gasteiger partial charge on any atom is 0.377 e. The van der Waals surface area contributed by atoms with E-state index in [1.165, 1.54) is 17.6 Å². The number of thioether (sulfide) groups is 1. The largest absolute Gasteiger partial charge is 0.377 e. The molecule has 0 radical (unpaired) electrons. The molecule has 1 unspecified atom stereocenters. The summed E-state index contributed by atoms with van der Waals surface area (Å²) in [6, 6.07) is 18.8. The van der Waals surface area contributed by atoms with E-state index >= 15 is 0 Å². The molecule has 0 bridgehead atoms. The van der Waals surface area contributed by atoms with Crippen molar-refractivity contribution in [3.05, 3.63) is 66.2 Å². The number of benzene rings is 2. The monoisotopic (exact) mass is 575 g/mol. The van der Waals surface area contributed by atoms with Crippen LogP contribution >= 0.6 is 19.1 Å². The average Bonchev–Trinajstić information content (AvgIpc) is 3.34. The van der Waals surface area contributed by atoms with Crippen molar-refractivity contribution in [3.63, 3.8) is 0 Å². The van der Waals surface area contributed by atoms with Crippen LogP contribution in [-0.4, -0.2) is 60.0 Å². The molecule has 0 aliphatic carbocycles. The molecule has 39 heavy (non-hydrogen) atoms. The molecule has 8 nitrogen and oxygen atoms in total. The van der Waals surface area contributed by atoms with Gasteiger partial charge in [0.25, 0.3) is 0 Å². The van der Waals surface area contributed by atoms with E-state index in [-0.39, 0.29) is 24.1 Å². The molecule has 0 aromatic heterocycles. The first kappa shape index (κ1) is 30.9. The number of carbonyl (C=O) groups excluding carboxylic acids is 3. The minimum Gasteiger partial charge on any atom is -0.331 e. The van der Waals surface area contributed by atoms with Crippen molar-refractivity contribution in [1.29, 1.82) is 0 Å². The van der Waals surface area contributed by atoms with Crippen LogP contribution in [0.25, 0.3) is 0 Å². The fraction of sp³-hybridized carbons (Fsp3) is 0.483. The summed E-state index contributed by atoms with van der Waals surface area (Å²) in [5.41, 5.74) is 0.344. The number of nitrogens with zero attached hydrogens (tertiary/aromatic N) is 1. The van der Waals surface area contributed by atoms with Gasteiger partial charge in [0.15, 0.2) is 0 Å². The zero-order valence-electron chi connectivity index (χ0n) is 23.0. The summed E-state index contributed by atoms with van der Waals surface area (Å²) in [6.45, 7) is 5.19. The first-order valence-electron chi connectivity index (χ1n) is 13.1. The Bertz CT molecular complexity index is 1150. The zero-order valence-corrected chi connectivity index (χ0v) is 24.7. The maximum atomic E-state index is 13.5. The summed E-state index contributed by atoms with van der Waals surface area (Å²) in [4.78, 5) is 50.6. The molecule has 1 saturated heterocycles. The van der Waals surface area contributed by atoms with E-state index in [1.807, 2.05) is 48.5 Å². The Morgan fingerprint density at radius 2 is 1.62 bits per heavy atom. The minimum atomic E-state index is -3.26. The molecule has 1 aliphatic heterocycles. The molecular formula is C29H38NO7PS. The molecule has 1 heterocycles. The van der Waals surface area contributed by atoms with Crippen LogP contribution in [0.15, 0.2) is 65.6 Å². The van der Waals surface area contributed by atoms with Crippen LogP contribution in [0.4, 0.5) is 0 Å². The molecule has 0 N–H and O–H groups in total. The first-order chi connectivity index (χ1) is 18.5. The van der Waals surface area contributed by atoms with E-state index in [4.69, 9.17) is 14.3 Å². The van der Waals surface area contributed by atoms with E-state index in [0.29, 0.717) is 12.8 Å². The van der Waals surface area contributed by atoms with E-state index in [1.54, 1.807) is 32.5 Å². The van der Waals surface area contributed by atoms with Gasteiger partial charge in [-0.15, -0.1) is 11.8 Å². The normalized spacial score (nSPS) is 18.8. The van der Waals surface area contributed by atoms with E-state index in [9.17, 15) is 18.9 Å². The Morgan fingerprint density at radius 1 is 0.974 bits per heavy atom. The second kappa shape index (κ2) is 14.1. The lowest BCUT2D eigenvalue weighted by Crippen LogP contribution is -2.43. The second-order valence-corrected chi connectivity index (χ2v) is 14.8. The summed E-state index contributed by atoms with van der Waals surface area (Å²) in [5, 5.41) is -0.0972. The van der Waals surface area contributed by atoms with Gasteiger partial charge >= 0.3 is 11.9 Å².